The molecule has 1 rings (SSSR count). The van der Waals surface area contributed by atoms with E-state index in [1.54, 1.807) is 0 Å². The molecule has 0 aromatic heterocycles. The number of piperidine rings is 1. The highest BCUT2D eigenvalue weighted by Gasteiger charge is 2.46. The standard InChI is InChI=1S/C15H30N2O/c1-13(2,3)12(18)15(16-14(4,5)6)8-10-17(7)11-9-15/h16H,8-11H2,1-7H3. The summed E-state index contributed by atoms with van der Waals surface area (Å²) in [5.74, 6) is 0.359. The largest absolute Gasteiger partial charge is 0.306 e. The van der Waals surface area contributed by atoms with Crippen LogP contribution in [0.3, 0.4) is 0 Å². The number of hydrogen-bond donors (Lipinski definition) is 1. The van der Waals surface area contributed by atoms with Gasteiger partial charge in [0.2, 0.25) is 0 Å². The van der Waals surface area contributed by atoms with Gasteiger partial charge in [0.1, 0.15) is 0 Å². The summed E-state index contributed by atoms with van der Waals surface area (Å²) in [4.78, 5) is 15.1. The third kappa shape index (κ3) is 3.79. The van der Waals surface area contributed by atoms with E-state index in [0.29, 0.717) is 5.78 Å². The second-order valence-electron chi connectivity index (χ2n) is 7.84. The molecule has 1 aliphatic rings. The normalized spacial score (nSPS) is 21.9. The molecular weight excluding hydrogens is 224 g/mol. The Hall–Kier alpha value is -0.410. The van der Waals surface area contributed by atoms with Crippen molar-refractivity contribution in [1.29, 1.82) is 0 Å². The van der Waals surface area contributed by atoms with Gasteiger partial charge in [-0.15, -0.1) is 0 Å². The summed E-state index contributed by atoms with van der Waals surface area (Å²) in [5.41, 5.74) is -0.659. The summed E-state index contributed by atoms with van der Waals surface area (Å²) in [6.45, 7) is 14.5. The molecule has 0 atom stereocenters. The van der Waals surface area contributed by atoms with Gasteiger partial charge in [-0.3, -0.25) is 4.79 Å². The van der Waals surface area contributed by atoms with E-state index in [9.17, 15) is 4.79 Å². The van der Waals surface area contributed by atoms with Gasteiger partial charge in [0.15, 0.2) is 5.78 Å². The van der Waals surface area contributed by atoms with E-state index in [4.69, 9.17) is 0 Å². The van der Waals surface area contributed by atoms with Crippen LogP contribution in [0, 0.1) is 5.41 Å². The molecule has 3 heteroatoms. The Kier molecular flexibility index (Phi) is 4.29. The van der Waals surface area contributed by atoms with E-state index < -0.39 is 0 Å². The van der Waals surface area contributed by atoms with Crippen molar-refractivity contribution in [3.8, 4) is 0 Å². The van der Waals surface area contributed by atoms with Crippen LogP contribution in [0.5, 0.6) is 0 Å². The van der Waals surface area contributed by atoms with Crippen LogP contribution in [-0.4, -0.2) is 41.9 Å². The van der Waals surface area contributed by atoms with E-state index in [-0.39, 0.29) is 16.5 Å². The van der Waals surface area contributed by atoms with Crippen LogP contribution < -0.4 is 5.32 Å². The third-order valence-electron chi connectivity index (χ3n) is 3.57. The van der Waals surface area contributed by atoms with E-state index >= 15 is 0 Å². The smallest absolute Gasteiger partial charge is 0.158 e. The Bertz CT molecular complexity index is 301. The predicted octanol–water partition coefficient (Wildman–Crippen LogP) is 2.45. The van der Waals surface area contributed by atoms with Crippen LogP contribution in [0.2, 0.25) is 0 Å². The van der Waals surface area contributed by atoms with Gasteiger partial charge in [0.05, 0.1) is 5.54 Å². The quantitative estimate of drug-likeness (QED) is 0.821. The molecule has 1 saturated heterocycles. The fourth-order valence-corrected chi connectivity index (χ4v) is 2.84. The van der Waals surface area contributed by atoms with Gasteiger partial charge in [-0.25, -0.2) is 0 Å². The van der Waals surface area contributed by atoms with Crippen molar-refractivity contribution in [1.82, 2.24) is 10.2 Å². The van der Waals surface area contributed by atoms with Crippen molar-refractivity contribution in [2.24, 2.45) is 5.41 Å². The maximum atomic E-state index is 12.8. The maximum absolute atomic E-state index is 12.8. The summed E-state index contributed by atoms with van der Waals surface area (Å²) in [5, 5.41) is 3.62. The Morgan fingerprint density at radius 3 is 1.83 bits per heavy atom. The minimum Gasteiger partial charge on any atom is -0.306 e. The number of nitrogens with one attached hydrogen (secondary N) is 1. The highest BCUT2D eigenvalue weighted by Crippen LogP contribution is 2.32. The summed E-state index contributed by atoms with van der Waals surface area (Å²) in [6.07, 6.45) is 1.83. The Labute approximate surface area is 112 Å². The van der Waals surface area contributed by atoms with E-state index in [1.165, 1.54) is 0 Å². The molecule has 1 aliphatic heterocycles. The molecule has 0 amide bonds. The molecule has 0 aliphatic carbocycles. The second-order valence-corrected chi connectivity index (χ2v) is 7.84. The van der Waals surface area contributed by atoms with Crippen LogP contribution >= 0.6 is 0 Å². The zero-order valence-electron chi connectivity index (χ0n) is 13.2. The van der Waals surface area contributed by atoms with Crippen molar-refractivity contribution in [2.75, 3.05) is 20.1 Å². The first-order valence-electron chi connectivity index (χ1n) is 6.99. The average Bonchev–Trinajstić information content (AvgIpc) is 2.17. The lowest BCUT2D eigenvalue weighted by atomic mass is 9.72. The Balaban J connectivity index is 2.99. The first-order valence-corrected chi connectivity index (χ1v) is 6.99. The van der Waals surface area contributed by atoms with Crippen LogP contribution in [-0.2, 0) is 4.79 Å². The molecule has 0 aromatic carbocycles. The topological polar surface area (TPSA) is 32.3 Å². The molecule has 1 N–H and O–H groups in total. The number of carbonyl (C=O) groups excluding carboxylic acids is 1. The fourth-order valence-electron chi connectivity index (χ4n) is 2.84. The Morgan fingerprint density at radius 2 is 1.50 bits per heavy atom. The molecule has 0 aromatic rings. The molecule has 0 spiro atoms. The van der Waals surface area contributed by atoms with Gasteiger partial charge in [0, 0.05) is 24.0 Å². The monoisotopic (exact) mass is 254 g/mol. The number of carbonyl (C=O) groups is 1. The van der Waals surface area contributed by atoms with Gasteiger partial charge in [-0.1, -0.05) is 20.8 Å². The van der Waals surface area contributed by atoms with Crippen molar-refractivity contribution in [3.05, 3.63) is 0 Å². The van der Waals surface area contributed by atoms with Crippen LogP contribution in [0.4, 0.5) is 0 Å². The van der Waals surface area contributed by atoms with Crippen molar-refractivity contribution < 1.29 is 4.79 Å². The summed E-state index contributed by atoms with van der Waals surface area (Å²) in [7, 11) is 2.13. The third-order valence-corrected chi connectivity index (χ3v) is 3.57. The fraction of sp³-hybridized carbons (Fsp3) is 0.933. The van der Waals surface area contributed by atoms with Crippen LogP contribution in [0.25, 0.3) is 0 Å². The van der Waals surface area contributed by atoms with Crippen molar-refractivity contribution in [3.63, 3.8) is 0 Å². The zero-order valence-corrected chi connectivity index (χ0v) is 13.2. The number of hydrogen-bond acceptors (Lipinski definition) is 3. The van der Waals surface area contributed by atoms with Gasteiger partial charge in [-0.05, 0) is 40.7 Å². The highest BCUT2D eigenvalue weighted by molar-refractivity contribution is 5.93. The molecule has 0 bridgehead atoms. The molecule has 106 valence electrons. The molecule has 18 heavy (non-hydrogen) atoms. The molecule has 0 radical (unpaired) electrons. The molecule has 0 unspecified atom stereocenters. The second kappa shape index (κ2) is 4.93. The lowest BCUT2D eigenvalue weighted by Crippen LogP contribution is -2.65. The SMILES string of the molecule is CN1CCC(NC(C)(C)C)(C(=O)C(C)(C)C)CC1. The van der Waals surface area contributed by atoms with E-state index in [1.807, 2.05) is 20.8 Å². The highest BCUT2D eigenvalue weighted by atomic mass is 16.1. The number of Topliss-reactive ketones (excluding diaryl/α,β-unsaturated/α-hetero) is 1. The first-order chi connectivity index (χ1) is 7.96. The number of ketones is 1. The maximum Gasteiger partial charge on any atom is 0.158 e. The van der Waals surface area contributed by atoms with Gasteiger partial charge < -0.3 is 10.2 Å². The zero-order chi connectivity index (χ0) is 14.2. The van der Waals surface area contributed by atoms with E-state index in [2.05, 4.69) is 38.0 Å². The summed E-state index contributed by atoms with van der Waals surface area (Å²) < 4.78 is 0. The van der Waals surface area contributed by atoms with Crippen LogP contribution in [0.1, 0.15) is 54.4 Å². The van der Waals surface area contributed by atoms with Gasteiger partial charge >= 0.3 is 0 Å². The Morgan fingerprint density at radius 1 is 1.06 bits per heavy atom. The number of likely N-dealkylation sites (tertiary alicyclic amines) is 1. The molecule has 3 nitrogen and oxygen atoms in total. The minimum absolute atomic E-state index is 0.0309. The minimum atomic E-state index is -0.344. The molecular formula is C15H30N2O. The first kappa shape index (κ1) is 15.6. The average molecular weight is 254 g/mol. The van der Waals surface area contributed by atoms with Crippen molar-refractivity contribution >= 4 is 5.78 Å². The summed E-state index contributed by atoms with van der Waals surface area (Å²) in [6, 6.07) is 0. The number of nitrogens with zero attached hydrogens (tertiary/aromatic N) is 1. The van der Waals surface area contributed by atoms with Gasteiger partial charge in [-0.2, -0.15) is 0 Å². The molecule has 1 heterocycles. The van der Waals surface area contributed by atoms with E-state index in [0.717, 1.165) is 25.9 Å². The lowest BCUT2D eigenvalue weighted by molar-refractivity contribution is -0.136. The molecule has 1 fully saturated rings. The van der Waals surface area contributed by atoms with Gasteiger partial charge in [0.25, 0.3) is 0 Å². The lowest BCUT2D eigenvalue weighted by Gasteiger charge is -2.46. The van der Waals surface area contributed by atoms with Crippen molar-refractivity contribution in [2.45, 2.75) is 65.5 Å². The van der Waals surface area contributed by atoms with Crippen LogP contribution in [0.15, 0.2) is 0 Å². The predicted molar refractivity (Wildman–Crippen MR) is 76.8 cm³/mol. The number of rotatable bonds is 2. The summed E-state index contributed by atoms with van der Waals surface area (Å²) >= 11 is 0. The molecule has 0 saturated carbocycles.